The van der Waals surface area contributed by atoms with E-state index in [4.69, 9.17) is 54.4 Å². The molecule has 0 spiro atoms. The Hall–Kier alpha value is -2.00. The third kappa shape index (κ3) is 5.49. The van der Waals surface area contributed by atoms with E-state index >= 15 is 0 Å². The molecule has 1 aliphatic rings. The molecule has 2 N–H and O–H groups in total. The lowest BCUT2D eigenvalue weighted by Crippen LogP contribution is -2.66. The molecule has 8 nitrogen and oxygen atoms in total. The van der Waals surface area contributed by atoms with E-state index in [0.29, 0.717) is 0 Å². The molecule has 1 heterocycles. The second-order valence-electron chi connectivity index (χ2n) is 8.10. The van der Waals surface area contributed by atoms with E-state index in [1.54, 1.807) is 27.7 Å². The SMILES string of the molecule is CCOC(=O)/C(C(=N)c1c(Cl)cc(Cl)cc1Cl)=C(/O)C1(OC)CN(C(=O)OC(C)(C)C)C1. The van der Waals surface area contributed by atoms with Gasteiger partial charge in [0.2, 0.25) is 0 Å². The molecule has 1 fully saturated rings. The summed E-state index contributed by atoms with van der Waals surface area (Å²) in [4.78, 5) is 26.4. The first-order valence-corrected chi connectivity index (χ1v) is 10.8. The van der Waals surface area contributed by atoms with E-state index in [0.717, 1.165) is 0 Å². The number of rotatable bonds is 6. The van der Waals surface area contributed by atoms with Crippen LogP contribution in [0.25, 0.3) is 0 Å². The van der Waals surface area contributed by atoms with E-state index < -0.39 is 40.3 Å². The lowest BCUT2D eigenvalue weighted by molar-refractivity contribution is -0.139. The van der Waals surface area contributed by atoms with E-state index in [9.17, 15) is 14.7 Å². The molecule has 1 amide bonds. The van der Waals surface area contributed by atoms with Crippen molar-refractivity contribution >= 4 is 52.6 Å². The number of likely N-dealkylation sites (tertiary alicyclic amines) is 1. The van der Waals surface area contributed by atoms with Crippen LogP contribution in [0.1, 0.15) is 33.3 Å². The van der Waals surface area contributed by atoms with Crippen molar-refractivity contribution in [3.8, 4) is 0 Å². The number of halogens is 3. The number of amides is 1. The molecule has 1 saturated heterocycles. The zero-order valence-electron chi connectivity index (χ0n) is 18.3. The normalized spacial score (nSPS) is 16.1. The van der Waals surface area contributed by atoms with Gasteiger partial charge in [-0.2, -0.15) is 0 Å². The van der Waals surface area contributed by atoms with Gasteiger partial charge in [0, 0.05) is 17.7 Å². The largest absolute Gasteiger partial charge is 0.508 e. The summed E-state index contributed by atoms with van der Waals surface area (Å²) in [6.45, 7) is 6.54. The number of aliphatic hydroxyl groups is 1. The molecule has 0 unspecified atom stereocenters. The van der Waals surface area contributed by atoms with Gasteiger partial charge in [-0.25, -0.2) is 9.59 Å². The highest BCUT2D eigenvalue weighted by Gasteiger charge is 2.52. The number of carbonyl (C=O) groups is 2. The summed E-state index contributed by atoms with van der Waals surface area (Å²) < 4.78 is 15.8. The molecule has 1 aromatic carbocycles. The maximum atomic E-state index is 12.7. The first kappa shape index (κ1) is 26.3. The van der Waals surface area contributed by atoms with Crippen molar-refractivity contribution in [2.75, 3.05) is 26.8 Å². The average molecular weight is 508 g/mol. The molecule has 0 bridgehead atoms. The standard InChI is InChI=1S/C21H25Cl3N2O6/c1-6-31-18(28)15(16(25)14-12(23)7-11(22)8-13(14)24)17(27)21(30-5)9-26(10-21)19(29)32-20(2,3)4/h7-8,25,27H,6,9-10H2,1-5H3/b17-15+,25-16?. The summed E-state index contributed by atoms with van der Waals surface area (Å²) in [6.07, 6.45) is -0.602. The number of benzene rings is 1. The van der Waals surface area contributed by atoms with E-state index in [-0.39, 0.29) is 40.3 Å². The zero-order valence-corrected chi connectivity index (χ0v) is 20.6. The second-order valence-corrected chi connectivity index (χ2v) is 9.35. The number of methoxy groups -OCH3 is 1. The van der Waals surface area contributed by atoms with E-state index in [2.05, 4.69) is 0 Å². The van der Waals surface area contributed by atoms with Gasteiger partial charge in [0.05, 0.1) is 35.5 Å². The van der Waals surface area contributed by atoms with Crippen molar-refractivity contribution in [2.24, 2.45) is 0 Å². The molecule has 2 rings (SSSR count). The first-order valence-electron chi connectivity index (χ1n) is 9.64. The van der Waals surface area contributed by atoms with Gasteiger partial charge in [-0.3, -0.25) is 5.41 Å². The minimum absolute atomic E-state index is 0.00497. The number of ether oxygens (including phenoxy) is 3. The fourth-order valence-corrected chi connectivity index (χ4v) is 4.06. The molecule has 176 valence electrons. The van der Waals surface area contributed by atoms with Crippen LogP contribution >= 0.6 is 34.8 Å². The quantitative estimate of drug-likeness (QED) is 0.242. The summed E-state index contributed by atoms with van der Waals surface area (Å²) >= 11 is 18.4. The van der Waals surface area contributed by atoms with Crippen molar-refractivity contribution in [3.63, 3.8) is 0 Å². The maximum absolute atomic E-state index is 12.7. The minimum Gasteiger partial charge on any atom is -0.508 e. The topological polar surface area (TPSA) is 109 Å². The molecule has 1 aromatic rings. The zero-order chi connectivity index (χ0) is 24.4. The number of hydrogen-bond donors (Lipinski definition) is 2. The van der Waals surface area contributed by atoms with Crippen molar-refractivity contribution in [2.45, 2.75) is 38.9 Å². The Kier molecular flexibility index (Phi) is 8.10. The van der Waals surface area contributed by atoms with Gasteiger partial charge in [-0.15, -0.1) is 0 Å². The Morgan fingerprint density at radius 3 is 2.16 bits per heavy atom. The number of carbonyl (C=O) groups excluding carboxylic acids is 2. The first-order chi connectivity index (χ1) is 14.8. The predicted octanol–water partition coefficient (Wildman–Crippen LogP) is 5.03. The summed E-state index contributed by atoms with van der Waals surface area (Å²) in [5, 5.41) is 20.0. The van der Waals surface area contributed by atoms with Gasteiger partial charge >= 0.3 is 12.1 Å². The highest BCUT2D eigenvalue weighted by molar-refractivity contribution is 6.44. The number of nitrogens with one attached hydrogen (secondary N) is 1. The minimum atomic E-state index is -1.45. The predicted molar refractivity (Wildman–Crippen MR) is 122 cm³/mol. The van der Waals surface area contributed by atoms with Gasteiger partial charge in [0.15, 0.2) is 5.60 Å². The Balaban J connectivity index is 2.49. The van der Waals surface area contributed by atoms with Crippen molar-refractivity contribution in [1.29, 1.82) is 5.41 Å². The van der Waals surface area contributed by atoms with Crippen LogP contribution in [-0.2, 0) is 19.0 Å². The molecule has 0 radical (unpaired) electrons. The van der Waals surface area contributed by atoms with Crippen molar-refractivity contribution < 1.29 is 28.9 Å². The number of esters is 1. The smallest absolute Gasteiger partial charge is 0.410 e. The Morgan fingerprint density at radius 1 is 1.19 bits per heavy atom. The fourth-order valence-electron chi connectivity index (χ4n) is 3.06. The van der Waals surface area contributed by atoms with Gasteiger partial charge in [-0.05, 0) is 39.8 Å². The van der Waals surface area contributed by atoms with E-state index in [1.807, 2.05) is 0 Å². The summed E-state index contributed by atoms with van der Waals surface area (Å²) in [7, 11) is 1.32. The Morgan fingerprint density at radius 2 is 1.72 bits per heavy atom. The van der Waals surface area contributed by atoms with Gasteiger partial charge in [0.25, 0.3) is 0 Å². The average Bonchev–Trinajstić information content (AvgIpc) is 2.59. The molecule has 0 saturated carbocycles. The summed E-state index contributed by atoms with van der Waals surface area (Å²) in [5.41, 5.74) is -3.12. The Labute approximate surface area is 201 Å². The molecular weight excluding hydrogens is 483 g/mol. The molecule has 32 heavy (non-hydrogen) atoms. The molecule has 0 atom stereocenters. The highest BCUT2D eigenvalue weighted by atomic mass is 35.5. The third-order valence-electron chi connectivity index (χ3n) is 4.59. The van der Waals surface area contributed by atoms with Crippen LogP contribution in [0.15, 0.2) is 23.5 Å². The van der Waals surface area contributed by atoms with Gasteiger partial charge < -0.3 is 24.2 Å². The lowest BCUT2D eigenvalue weighted by atomic mass is 9.86. The van der Waals surface area contributed by atoms with Crippen LogP contribution in [0.3, 0.4) is 0 Å². The Bertz CT molecular complexity index is 942. The molecule has 1 aliphatic heterocycles. The van der Waals surface area contributed by atoms with Crippen LogP contribution in [0, 0.1) is 5.41 Å². The third-order valence-corrected chi connectivity index (χ3v) is 5.40. The summed E-state index contributed by atoms with van der Waals surface area (Å²) in [5.74, 6) is -1.55. The van der Waals surface area contributed by atoms with Crippen LogP contribution in [0.4, 0.5) is 4.79 Å². The number of nitrogens with zero attached hydrogens (tertiary/aromatic N) is 1. The molecular formula is C21H25Cl3N2O6. The summed E-state index contributed by atoms with van der Waals surface area (Å²) in [6, 6.07) is 2.72. The number of aliphatic hydroxyl groups excluding tert-OH is 1. The molecule has 0 aliphatic carbocycles. The van der Waals surface area contributed by atoms with Crippen LogP contribution < -0.4 is 0 Å². The lowest BCUT2D eigenvalue weighted by Gasteiger charge is -2.48. The van der Waals surface area contributed by atoms with Crippen molar-refractivity contribution in [1.82, 2.24) is 4.90 Å². The monoisotopic (exact) mass is 506 g/mol. The fraction of sp³-hybridized carbons (Fsp3) is 0.476. The highest BCUT2D eigenvalue weighted by Crippen LogP contribution is 2.37. The molecule has 11 heteroatoms. The number of hydrogen-bond acceptors (Lipinski definition) is 7. The van der Waals surface area contributed by atoms with Gasteiger partial charge in [0.1, 0.15) is 16.9 Å². The van der Waals surface area contributed by atoms with Crippen molar-refractivity contribution in [3.05, 3.63) is 44.1 Å². The molecule has 0 aromatic heterocycles. The van der Waals surface area contributed by atoms with Crippen LogP contribution in [0.2, 0.25) is 15.1 Å². The van der Waals surface area contributed by atoms with Gasteiger partial charge in [-0.1, -0.05) is 34.8 Å². The van der Waals surface area contributed by atoms with E-state index in [1.165, 1.54) is 24.1 Å². The maximum Gasteiger partial charge on any atom is 0.410 e. The second kappa shape index (κ2) is 9.87. The van der Waals surface area contributed by atoms with Crippen LogP contribution in [0.5, 0.6) is 0 Å². The van der Waals surface area contributed by atoms with Crippen LogP contribution in [-0.4, -0.2) is 65.8 Å².